The second kappa shape index (κ2) is 9.48. The van der Waals surface area contributed by atoms with Crippen LogP contribution < -0.4 is 5.32 Å². The number of rotatable bonds is 8. The average Bonchev–Trinajstić information content (AvgIpc) is 3.29. The van der Waals surface area contributed by atoms with Crippen molar-refractivity contribution >= 4 is 54.4 Å². The zero-order valence-corrected chi connectivity index (χ0v) is 21.4. The van der Waals surface area contributed by atoms with Crippen LogP contribution in [0.2, 0.25) is 0 Å². The molecular formula is C24H26N4O5S2. The highest BCUT2D eigenvalue weighted by Gasteiger charge is 2.35. The summed E-state index contributed by atoms with van der Waals surface area (Å²) in [5.41, 5.74) is 1.23. The summed E-state index contributed by atoms with van der Waals surface area (Å²) in [7, 11) is -3.70. The van der Waals surface area contributed by atoms with Gasteiger partial charge in [0.15, 0.2) is 5.13 Å². The van der Waals surface area contributed by atoms with Gasteiger partial charge in [-0.1, -0.05) is 23.5 Å². The quantitative estimate of drug-likeness (QED) is 0.458. The number of carbonyl (C=O) groups excluding carboxylic acids is 3. The van der Waals surface area contributed by atoms with Gasteiger partial charge in [0.1, 0.15) is 0 Å². The van der Waals surface area contributed by atoms with Crippen molar-refractivity contribution in [2.24, 2.45) is 0 Å². The third-order valence-corrected chi connectivity index (χ3v) is 8.82. The van der Waals surface area contributed by atoms with Crippen molar-refractivity contribution in [3.05, 3.63) is 53.6 Å². The fourth-order valence-corrected chi connectivity index (χ4v) is 7.09. The predicted molar refractivity (Wildman–Crippen MR) is 134 cm³/mol. The number of imide groups is 1. The maximum Gasteiger partial charge on any atom is 0.261 e. The molecule has 0 atom stereocenters. The van der Waals surface area contributed by atoms with E-state index in [1.54, 1.807) is 36.4 Å². The molecular weight excluding hydrogens is 488 g/mol. The molecule has 4 rings (SSSR count). The lowest BCUT2D eigenvalue weighted by Gasteiger charge is -2.29. The zero-order chi connectivity index (χ0) is 25.5. The number of amides is 3. The number of hydrogen-bond donors (Lipinski definition) is 1. The summed E-state index contributed by atoms with van der Waals surface area (Å²) < 4.78 is 28.4. The molecule has 0 fully saturated rings. The number of nitrogens with one attached hydrogen (secondary N) is 1. The summed E-state index contributed by atoms with van der Waals surface area (Å²) in [6, 6.07) is 10.9. The van der Waals surface area contributed by atoms with Gasteiger partial charge in [-0.05, 0) is 58.0 Å². The maximum absolute atomic E-state index is 13.2. The summed E-state index contributed by atoms with van der Waals surface area (Å²) in [6.45, 7) is 7.28. The van der Waals surface area contributed by atoms with Crippen LogP contribution in [0.5, 0.6) is 0 Å². The minimum Gasteiger partial charge on any atom is -0.302 e. The first-order chi connectivity index (χ1) is 16.5. The summed E-state index contributed by atoms with van der Waals surface area (Å²) in [5, 5.41) is 2.99. The van der Waals surface area contributed by atoms with Crippen molar-refractivity contribution in [3.8, 4) is 0 Å². The van der Waals surface area contributed by atoms with Crippen LogP contribution in [-0.2, 0) is 14.8 Å². The van der Waals surface area contributed by atoms with E-state index in [1.807, 2.05) is 27.7 Å². The Morgan fingerprint density at radius 3 is 2.20 bits per heavy atom. The van der Waals surface area contributed by atoms with E-state index in [2.05, 4.69) is 10.3 Å². The van der Waals surface area contributed by atoms with Crippen LogP contribution in [0, 0.1) is 0 Å². The third-order valence-electron chi connectivity index (χ3n) is 5.64. The molecule has 184 valence electrons. The van der Waals surface area contributed by atoms with E-state index in [1.165, 1.54) is 10.4 Å². The van der Waals surface area contributed by atoms with Crippen molar-refractivity contribution in [2.75, 3.05) is 11.9 Å². The molecule has 0 bridgehead atoms. The molecule has 1 N–H and O–H groups in total. The van der Waals surface area contributed by atoms with Gasteiger partial charge < -0.3 is 5.32 Å². The number of aromatic nitrogens is 1. The molecule has 11 heteroatoms. The van der Waals surface area contributed by atoms with Gasteiger partial charge in [-0.15, -0.1) is 0 Å². The molecule has 1 aromatic heterocycles. The molecule has 0 unspecified atom stereocenters. The number of anilines is 1. The molecule has 1 aliphatic rings. The van der Waals surface area contributed by atoms with E-state index in [0.29, 0.717) is 26.5 Å². The van der Waals surface area contributed by atoms with Crippen molar-refractivity contribution < 1.29 is 22.8 Å². The van der Waals surface area contributed by atoms with Crippen LogP contribution in [0.15, 0.2) is 47.4 Å². The molecule has 0 spiro atoms. The fourth-order valence-electron chi connectivity index (χ4n) is 4.23. The number of thiazole rings is 1. The van der Waals surface area contributed by atoms with E-state index < -0.39 is 27.7 Å². The van der Waals surface area contributed by atoms with Crippen LogP contribution >= 0.6 is 11.3 Å². The lowest BCUT2D eigenvalue weighted by Crippen LogP contribution is -2.41. The summed E-state index contributed by atoms with van der Waals surface area (Å²) in [6.07, 6.45) is -0.0846. The Kier molecular flexibility index (Phi) is 6.76. The highest BCUT2D eigenvalue weighted by atomic mass is 32.2. The number of hydrogen-bond acceptors (Lipinski definition) is 7. The first-order valence-electron chi connectivity index (χ1n) is 11.2. The Bertz CT molecular complexity index is 1390. The molecule has 1 aliphatic heterocycles. The molecule has 35 heavy (non-hydrogen) atoms. The molecule has 2 aromatic carbocycles. The van der Waals surface area contributed by atoms with Gasteiger partial charge in [-0.2, -0.15) is 4.31 Å². The average molecular weight is 515 g/mol. The molecule has 3 amide bonds. The molecule has 2 heterocycles. The Morgan fingerprint density at radius 1 is 1.03 bits per heavy atom. The molecule has 3 aromatic rings. The Hall–Kier alpha value is -3.15. The topological polar surface area (TPSA) is 117 Å². The molecule has 0 aliphatic carbocycles. The van der Waals surface area contributed by atoms with E-state index in [4.69, 9.17) is 0 Å². The minimum absolute atomic E-state index is 0.0499. The monoisotopic (exact) mass is 514 g/mol. The Balaban J connectivity index is 1.45. The molecule has 0 saturated heterocycles. The van der Waals surface area contributed by atoms with Crippen LogP contribution in [0.4, 0.5) is 5.13 Å². The summed E-state index contributed by atoms with van der Waals surface area (Å²) in [4.78, 5) is 43.0. The summed E-state index contributed by atoms with van der Waals surface area (Å²) in [5.74, 6) is -1.23. The second-order valence-corrected chi connectivity index (χ2v) is 11.7. The summed E-state index contributed by atoms with van der Waals surface area (Å²) >= 11 is 1.16. The van der Waals surface area contributed by atoms with E-state index in [-0.39, 0.29) is 29.9 Å². The fraction of sp³-hybridized carbons (Fsp3) is 0.333. The molecule has 0 radical (unpaired) electrons. The lowest BCUT2D eigenvalue weighted by molar-refractivity contribution is -0.116. The van der Waals surface area contributed by atoms with E-state index in [9.17, 15) is 22.8 Å². The minimum atomic E-state index is -3.70. The lowest BCUT2D eigenvalue weighted by atomic mass is 10.1. The van der Waals surface area contributed by atoms with Gasteiger partial charge in [0.25, 0.3) is 11.8 Å². The first kappa shape index (κ1) is 25.0. The SMILES string of the molecule is CC(C)N(C(C)C)S(=O)(=O)c1ccc2nc(NC(=O)CCN3C(=O)c4ccccc4C3=O)sc2c1. The molecule has 0 saturated carbocycles. The number of fused-ring (bicyclic) bond motifs is 2. The van der Waals surface area contributed by atoms with Gasteiger partial charge in [-0.25, -0.2) is 13.4 Å². The van der Waals surface area contributed by atoms with Crippen LogP contribution in [0.25, 0.3) is 10.2 Å². The normalized spacial score (nSPS) is 14.0. The van der Waals surface area contributed by atoms with Crippen LogP contribution in [0.3, 0.4) is 0 Å². The van der Waals surface area contributed by atoms with E-state index >= 15 is 0 Å². The van der Waals surface area contributed by atoms with Crippen molar-refractivity contribution in [3.63, 3.8) is 0 Å². The highest BCUT2D eigenvalue weighted by molar-refractivity contribution is 7.89. The molecule has 9 nitrogen and oxygen atoms in total. The number of benzene rings is 2. The zero-order valence-electron chi connectivity index (χ0n) is 19.8. The number of carbonyl (C=O) groups is 3. The standard InChI is InChI=1S/C24H26N4O5S2/c1-14(2)28(15(3)4)35(32,33)16-9-10-19-20(13-16)34-24(25-19)26-21(29)11-12-27-22(30)17-7-5-6-8-18(17)23(27)31/h5-10,13-15H,11-12H2,1-4H3,(H,25,26,29). The van der Waals surface area contributed by atoms with Gasteiger partial charge in [0, 0.05) is 25.0 Å². The van der Waals surface area contributed by atoms with E-state index in [0.717, 1.165) is 16.2 Å². The first-order valence-corrected chi connectivity index (χ1v) is 13.5. The van der Waals surface area contributed by atoms with Crippen LogP contribution in [0.1, 0.15) is 54.8 Å². The van der Waals surface area contributed by atoms with Gasteiger partial charge >= 0.3 is 0 Å². The number of nitrogens with zero attached hydrogens (tertiary/aromatic N) is 3. The third kappa shape index (κ3) is 4.71. The van der Waals surface area contributed by atoms with Crippen molar-refractivity contribution in [1.29, 1.82) is 0 Å². The van der Waals surface area contributed by atoms with Gasteiger partial charge in [0.2, 0.25) is 15.9 Å². The smallest absolute Gasteiger partial charge is 0.261 e. The van der Waals surface area contributed by atoms with Crippen molar-refractivity contribution in [2.45, 2.75) is 51.1 Å². The van der Waals surface area contributed by atoms with Gasteiger partial charge in [-0.3, -0.25) is 19.3 Å². The van der Waals surface area contributed by atoms with Crippen molar-refractivity contribution in [1.82, 2.24) is 14.2 Å². The second-order valence-electron chi connectivity index (χ2n) is 8.78. The van der Waals surface area contributed by atoms with Gasteiger partial charge in [0.05, 0.1) is 26.2 Å². The highest BCUT2D eigenvalue weighted by Crippen LogP contribution is 2.30. The number of sulfonamides is 1. The predicted octanol–water partition coefficient (Wildman–Crippen LogP) is 3.73. The largest absolute Gasteiger partial charge is 0.302 e. The van der Waals surface area contributed by atoms with Crippen LogP contribution in [-0.4, -0.2) is 59.0 Å². The Labute approximate surface area is 207 Å². The Morgan fingerprint density at radius 2 is 1.63 bits per heavy atom. The maximum atomic E-state index is 13.2.